The number of hydrogen-bond acceptors (Lipinski definition) is 5. The van der Waals surface area contributed by atoms with Crippen molar-refractivity contribution in [2.75, 3.05) is 13.1 Å². The highest BCUT2D eigenvalue weighted by atomic mass is 16.7. The van der Waals surface area contributed by atoms with Gasteiger partial charge in [0.05, 0.1) is 18.3 Å². The first kappa shape index (κ1) is 12.6. The highest BCUT2D eigenvalue weighted by Crippen LogP contribution is 2.19. The van der Waals surface area contributed by atoms with Crippen molar-refractivity contribution < 1.29 is 14.0 Å². The molecule has 0 aliphatic carbocycles. The van der Waals surface area contributed by atoms with Crippen molar-refractivity contribution in [3.8, 4) is 0 Å². The van der Waals surface area contributed by atoms with Crippen LogP contribution in [0.3, 0.4) is 0 Å². The molecule has 0 spiro atoms. The number of rotatable bonds is 3. The van der Waals surface area contributed by atoms with Crippen molar-refractivity contribution in [1.29, 1.82) is 0 Å². The zero-order valence-corrected chi connectivity index (χ0v) is 10.9. The van der Waals surface area contributed by atoms with E-state index in [4.69, 9.17) is 9.25 Å². The van der Waals surface area contributed by atoms with Gasteiger partial charge in [-0.2, -0.15) is 0 Å². The Labute approximate surface area is 116 Å². The minimum atomic E-state index is -0.348. The van der Waals surface area contributed by atoms with E-state index < -0.39 is 0 Å². The Hall–Kier alpha value is -2.40. The number of aromatic nitrogens is 1. The number of benzene rings is 1. The average molecular weight is 270 g/mol. The monoisotopic (exact) mass is 270 g/mol. The van der Waals surface area contributed by atoms with Gasteiger partial charge < -0.3 is 9.25 Å². The summed E-state index contributed by atoms with van der Waals surface area (Å²) in [6, 6.07) is 8.95. The van der Waals surface area contributed by atoms with E-state index in [1.54, 1.807) is 23.4 Å². The second-order valence-electron chi connectivity index (χ2n) is 4.46. The summed E-state index contributed by atoms with van der Waals surface area (Å²) in [7, 11) is 0. The highest BCUT2D eigenvalue weighted by Gasteiger charge is 2.20. The summed E-state index contributed by atoms with van der Waals surface area (Å²) in [6.07, 6.45) is 5.98. The molecule has 1 aliphatic rings. The van der Waals surface area contributed by atoms with E-state index in [1.807, 2.05) is 18.2 Å². The van der Waals surface area contributed by atoms with Crippen LogP contribution in [0.2, 0.25) is 0 Å². The SMILES string of the molecule is O=C(ON1CCC=C(c2ncco2)C1)c1ccccc1. The number of hydrogen-bond donors (Lipinski definition) is 0. The second-order valence-corrected chi connectivity index (χ2v) is 4.46. The Balaban J connectivity index is 1.65. The standard InChI is InChI=1S/C15H14N2O3/c18-15(12-5-2-1-3-6-12)20-17-9-4-7-13(11-17)14-16-8-10-19-14/h1-3,5-8,10H,4,9,11H2. The number of hydroxylamine groups is 2. The van der Waals surface area contributed by atoms with Crippen LogP contribution in [0.25, 0.3) is 5.57 Å². The van der Waals surface area contributed by atoms with E-state index in [-0.39, 0.29) is 5.97 Å². The third kappa shape index (κ3) is 2.78. The van der Waals surface area contributed by atoms with Crippen molar-refractivity contribution in [1.82, 2.24) is 10.0 Å². The fraction of sp³-hybridized carbons (Fsp3) is 0.200. The molecule has 0 amide bonds. The lowest BCUT2D eigenvalue weighted by atomic mass is 10.1. The molecule has 20 heavy (non-hydrogen) atoms. The molecule has 0 saturated heterocycles. The van der Waals surface area contributed by atoms with Gasteiger partial charge in [0.25, 0.3) is 0 Å². The van der Waals surface area contributed by atoms with Gasteiger partial charge in [0.2, 0.25) is 5.89 Å². The third-order valence-corrected chi connectivity index (χ3v) is 3.04. The van der Waals surface area contributed by atoms with E-state index in [2.05, 4.69) is 11.1 Å². The Kier molecular flexibility index (Phi) is 3.60. The minimum Gasteiger partial charge on any atom is -0.445 e. The zero-order valence-electron chi connectivity index (χ0n) is 10.9. The summed E-state index contributed by atoms with van der Waals surface area (Å²) in [4.78, 5) is 21.5. The van der Waals surface area contributed by atoms with Crippen molar-refractivity contribution in [3.63, 3.8) is 0 Å². The van der Waals surface area contributed by atoms with E-state index in [9.17, 15) is 4.79 Å². The molecule has 1 aliphatic heterocycles. The van der Waals surface area contributed by atoms with Gasteiger partial charge >= 0.3 is 5.97 Å². The lowest BCUT2D eigenvalue weighted by Gasteiger charge is -2.24. The fourth-order valence-electron chi connectivity index (χ4n) is 2.08. The van der Waals surface area contributed by atoms with Gasteiger partial charge in [-0.1, -0.05) is 24.3 Å². The molecule has 0 N–H and O–H groups in total. The predicted molar refractivity (Wildman–Crippen MR) is 72.5 cm³/mol. The Bertz CT molecular complexity index is 605. The topological polar surface area (TPSA) is 55.6 Å². The maximum Gasteiger partial charge on any atom is 0.357 e. The molecule has 0 bridgehead atoms. The summed E-state index contributed by atoms with van der Waals surface area (Å²) in [5.41, 5.74) is 1.47. The molecule has 5 heteroatoms. The average Bonchev–Trinajstić information content (AvgIpc) is 3.03. The van der Waals surface area contributed by atoms with E-state index in [1.165, 1.54) is 6.26 Å². The molecule has 0 unspecified atom stereocenters. The molecule has 102 valence electrons. The number of carbonyl (C=O) groups is 1. The first-order valence-electron chi connectivity index (χ1n) is 6.44. The van der Waals surface area contributed by atoms with Gasteiger partial charge in [0.15, 0.2) is 0 Å². The van der Waals surface area contributed by atoms with Crippen LogP contribution >= 0.6 is 0 Å². The number of nitrogens with zero attached hydrogens (tertiary/aromatic N) is 2. The van der Waals surface area contributed by atoms with Crippen LogP contribution < -0.4 is 0 Å². The third-order valence-electron chi connectivity index (χ3n) is 3.04. The first-order chi connectivity index (χ1) is 9.83. The molecule has 1 aromatic carbocycles. The van der Waals surface area contributed by atoms with Gasteiger partial charge in [-0.3, -0.25) is 0 Å². The largest absolute Gasteiger partial charge is 0.445 e. The van der Waals surface area contributed by atoms with Crippen molar-refractivity contribution >= 4 is 11.5 Å². The fourth-order valence-corrected chi connectivity index (χ4v) is 2.08. The molecule has 0 atom stereocenters. The van der Waals surface area contributed by atoms with Crippen LogP contribution in [0, 0.1) is 0 Å². The molecular formula is C15H14N2O3. The van der Waals surface area contributed by atoms with Crippen molar-refractivity contribution in [2.24, 2.45) is 0 Å². The van der Waals surface area contributed by atoms with E-state index in [0.717, 1.165) is 12.0 Å². The molecule has 0 radical (unpaired) electrons. The predicted octanol–water partition coefficient (Wildman–Crippen LogP) is 2.54. The number of carbonyl (C=O) groups excluding carboxylic acids is 1. The van der Waals surface area contributed by atoms with Crippen LogP contribution in [-0.4, -0.2) is 29.1 Å². The molecule has 0 fully saturated rings. The van der Waals surface area contributed by atoms with Crippen molar-refractivity contribution in [2.45, 2.75) is 6.42 Å². The Morgan fingerprint density at radius 1 is 1.30 bits per heavy atom. The molecule has 2 heterocycles. The number of oxazole rings is 1. The molecule has 2 aromatic rings. The lowest BCUT2D eigenvalue weighted by Crippen LogP contribution is -2.32. The highest BCUT2D eigenvalue weighted by molar-refractivity contribution is 5.89. The summed E-state index contributed by atoms with van der Waals surface area (Å²) in [6.45, 7) is 1.15. The molecule has 0 saturated carbocycles. The van der Waals surface area contributed by atoms with Gasteiger partial charge in [0, 0.05) is 12.1 Å². The summed E-state index contributed by atoms with van der Waals surface area (Å²) in [5.74, 6) is 0.227. The first-order valence-corrected chi connectivity index (χ1v) is 6.44. The quantitative estimate of drug-likeness (QED) is 0.857. The molecule has 1 aromatic heterocycles. The van der Waals surface area contributed by atoms with Gasteiger partial charge in [0.1, 0.15) is 6.26 Å². The van der Waals surface area contributed by atoms with Crippen molar-refractivity contribution in [3.05, 3.63) is 60.3 Å². The van der Waals surface area contributed by atoms with Crippen LogP contribution in [0.1, 0.15) is 22.7 Å². The zero-order chi connectivity index (χ0) is 13.8. The molecule has 5 nitrogen and oxygen atoms in total. The second kappa shape index (κ2) is 5.71. The maximum atomic E-state index is 12.0. The van der Waals surface area contributed by atoms with E-state index in [0.29, 0.717) is 24.5 Å². The van der Waals surface area contributed by atoms with Gasteiger partial charge in [-0.05, 0) is 18.6 Å². The Morgan fingerprint density at radius 2 is 2.15 bits per heavy atom. The van der Waals surface area contributed by atoms with Crippen LogP contribution in [0.5, 0.6) is 0 Å². The minimum absolute atomic E-state index is 0.348. The van der Waals surface area contributed by atoms with Gasteiger partial charge in [-0.15, -0.1) is 5.06 Å². The molecular weight excluding hydrogens is 256 g/mol. The van der Waals surface area contributed by atoms with Crippen LogP contribution in [-0.2, 0) is 4.84 Å². The smallest absolute Gasteiger partial charge is 0.357 e. The van der Waals surface area contributed by atoms with Crippen LogP contribution in [0.15, 0.2) is 53.3 Å². The summed E-state index contributed by atoms with van der Waals surface area (Å²) >= 11 is 0. The summed E-state index contributed by atoms with van der Waals surface area (Å²) < 4.78 is 5.26. The van der Waals surface area contributed by atoms with Crippen LogP contribution in [0.4, 0.5) is 0 Å². The lowest BCUT2D eigenvalue weighted by molar-refractivity contribution is -0.101. The Morgan fingerprint density at radius 3 is 2.90 bits per heavy atom. The summed E-state index contributed by atoms with van der Waals surface area (Å²) in [5, 5.41) is 1.63. The maximum absolute atomic E-state index is 12.0. The van der Waals surface area contributed by atoms with Gasteiger partial charge in [-0.25, -0.2) is 9.78 Å². The normalized spacial score (nSPS) is 15.7. The molecule has 3 rings (SSSR count). The van der Waals surface area contributed by atoms with E-state index >= 15 is 0 Å².